The van der Waals surface area contributed by atoms with Gasteiger partial charge in [-0.25, -0.2) is 4.79 Å². The molecule has 0 spiro atoms. The van der Waals surface area contributed by atoms with E-state index in [2.05, 4.69) is 0 Å². The number of hydrogen-bond acceptors (Lipinski definition) is 2. The lowest BCUT2D eigenvalue weighted by atomic mass is 9.90. The average molecular weight is 438 g/mol. The molecular formula is C22H12F6O3. The zero-order valence-corrected chi connectivity index (χ0v) is 15.4. The maximum Gasteiger partial charge on any atom is 0.416 e. The Kier molecular flexibility index (Phi) is 5.62. The maximum absolute atomic E-state index is 13.0. The Morgan fingerprint density at radius 3 is 2.00 bits per heavy atom. The van der Waals surface area contributed by atoms with Crippen molar-refractivity contribution in [1.82, 2.24) is 0 Å². The van der Waals surface area contributed by atoms with Crippen molar-refractivity contribution in [2.24, 2.45) is 0 Å². The number of fused-ring (bicyclic) bond motifs is 1. The summed E-state index contributed by atoms with van der Waals surface area (Å²) in [5.41, 5.74) is -2.33. The Hall–Kier alpha value is -3.62. The molecule has 1 aliphatic carbocycles. The highest BCUT2D eigenvalue weighted by molar-refractivity contribution is 6.17. The van der Waals surface area contributed by atoms with Crippen molar-refractivity contribution in [3.63, 3.8) is 0 Å². The number of allylic oxidation sites excluding steroid dienone is 2. The van der Waals surface area contributed by atoms with E-state index in [-0.39, 0.29) is 17.2 Å². The second-order valence-corrected chi connectivity index (χ2v) is 6.62. The molecular weight excluding hydrogens is 426 g/mol. The van der Waals surface area contributed by atoms with Crippen LogP contribution in [0.25, 0.3) is 18.2 Å². The molecule has 1 N–H and O–H groups in total. The molecule has 0 bridgehead atoms. The molecule has 3 rings (SSSR count). The summed E-state index contributed by atoms with van der Waals surface area (Å²) in [6.45, 7) is 0. The van der Waals surface area contributed by atoms with Crippen LogP contribution in [0, 0.1) is 0 Å². The fourth-order valence-corrected chi connectivity index (χ4v) is 2.96. The standard InChI is InChI=1S/C22H12F6O3/c23-21(24,25)16-9-13(10-17(11-16)22(26,27)28)8-15-4-3-14-7-12(2-6-19(29)30)1-5-18(14)20(15)31/h1-11H,(H,29,30)/b6-2+,15-8+. The molecule has 0 aromatic heterocycles. The number of carbonyl (C=O) groups is 2. The van der Waals surface area contributed by atoms with E-state index in [0.717, 1.165) is 12.2 Å². The van der Waals surface area contributed by atoms with Crippen LogP contribution in [0.2, 0.25) is 0 Å². The predicted molar refractivity (Wildman–Crippen MR) is 101 cm³/mol. The van der Waals surface area contributed by atoms with Crippen LogP contribution in [-0.4, -0.2) is 16.9 Å². The van der Waals surface area contributed by atoms with Crippen molar-refractivity contribution in [1.29, 1.82) is 0 Å². The first-order chi connectivity index (χ1) is 14.3. The molecule has 1 aliphatic rings. The van der Waals surface area contributed by atoms with Crippen molar-refractivity contribution < 1.29 is 41.0 Å². The van der Waals surface area contributed by atoms with E-state index in [1.54, 1.807) is 0 Å². The summed E-state index contributed by atoms with van der Waals surface area (Å²) in [5.74, 6) is -1.74. The van der Waals surface area contributed by atoms with Gasteiger partial charge in [0.2, 0.25) is 0 Å². The molecule has 160 valence electrons. The monoisotopic (exact) mass is 438 g/mol. The first-order valence-electron chi connectivity index (χ1n) is 8.63. The molecule has 0 unspecified atom stereocenters. The van der Waals surface area contributed by atoms with E-state index < -0.39 is 40.8 Å². The highest BCUT2D eigenvalue weighted by Gasteiger charge is 2.36. The van der Waals surface area contributed by atoms with E-state index >= 15 is 0 Å². The Morgan fingerprint density at radius 1 is 0.839 bits per heavy atom. The number of ketones is 1. The molecule has 0 heterocycles. The SMILES string of the molecule is O=C(O)/C=C/c1ccc2c(c1)C=C/C(=C\c1cc(C(F)(F)F)cc(C(F)(F)F)c1)C2=O. The van der Waals surface area contributed by atoms with E-state index in [0.29, 0.717) is 23.3 Å². The summed E-state index contributed by atoms with van der Waals surface area (Å²) < 4.78 is 78.2. The van der Waals surface area contributed by atoms with Crippen LogP contribution in [0.3, 0.4) is 0 Å². The maximum atomic E-state index is 13.0. The molecule has 0 saturated heterocycles. The number of hydrogen-bond donors (Lipinski definition) is 1. The molecule has 31 heavy (non-hydrogen) atoms. The number of carboxylic acid groups (broad SMARTS) is 1. The van der Waals surface area contributed by atoms with Gasteiger partial charge in [-0.1, -0.05) is 18.2 Å². The van der Waals surface area contributed by atoms with Gasteiger partial charge in [-0.15, -0.1) is 0 Å². The molecule has 0 amide bonds. The summed E-state index contributed by atoms with van der Waals surface area (Å²) in [6, 6.07) is 5.51. The number of alkyl halides is 6. The minimum absolute atomic E-state index is 0.0159. The lowest BCUT2D eigenvalue weighted by molar-refractivity contribution is -0.143. The molecule has 3 nitrogen and oxygen atoms in total. The van der Waals surface area contributed by atoms with Gasteiger partial charge in [-0.2, -0.15) is 26.3 Å². The number of carbonyl (C=O) groups excluding carboxylic acids is 1. The molecule has 0 atom stereocenters. The molecule has 0 fully saturated rings. The van der Waals surface area contributed by atoms with Crippen molar-refractivity contribution in [3.8, 4) is 0 Å². The number of carboxylic acids is 1. The predicted octanol–water partition coefficient (Wildman–Crippen LogP) is 6.12. The van der Waals surface area contributed by atoms with Gasteiger partial charge >= 0.3 is 18.3 Å². The van der Waals surface area contributed by atoms with Crippen molar-refractivity contribution in [2.75, 3.05) is 0 Å². The van der Waals surface area contributed by atoms with E-state index in [9.17, 15) is 35.9 Å². The van der Waals surface area contributed by atoms with Crippen LogP contribution in [0.4, 0.5) is 26.3 Å². The normalized spacial score (nSPS) is 15.5. The minimum Gasteiger partial charge on any atom is -0.478 e. The molecule has 0 radical (unpaired) electrons. The van der Waals surface area contributed by atoms with Crippen LogP contribution in [0.1, 0.15) is 38.2 Å². The first kappa shape index (κ1) is 22.1. The average Bonchev–Trinajstić information content (AvgIpc) is 2.67. The third-order valence-corrected chi connectivity index (χ3v) is 4.38. The van der Waals surface area contributed by atoms with Gasteiger partial charge in [0.25, 0.3) is 0 Å². The van der Waals surface area contributed by atoms with Crippen LogP contribution in [0.5, 0.6) is 0 Å². The van der Waals surface area contributed by atoms with Gasteiger partial charge in [0.15, 0.2) is 5.78 Å². The number of rotatable bonds is 3. The summed E-state index contributed by atoms with van der Waals surface area (Å²) in [4.78, 5) is 23.3. The number of Topliss-reactive ketones (excluding diaryl/α,β-unsaturated/α-hetero) is 1. The number of halogens is 6. The Balaban J connectivity index is 2.02. The van der Waals surface area contributed by atoms with Gasteiger partial charge in [0, 0.05) is 17.2 Å². The third kappa shape index (κ3) is 5.11. The van der Waals surface area contributed by atoms with E-state index in [1.807, 2.05) is 0 Å². The molecule has 2 aromatic rings. The number of benzene rings is 2. The highest BCUT2D eigenvalue weighted by Crippen LogP contribution is 2.37. The van der Waals surface area contributed by atoms with E-state index in [4.69, 9.17) is 5.11 Å². The second-order valence-electron chi connectivity index (χ2n) is 6.62. The fraction of sp³-hybridized carbons (Fsp3) is 0.0909. The van der Waals surface area contributed by atoms with E-state index in [1.165, 1.54) is 36.4 Å². The van der Waals surface area contributed by atoms with Crippen LogP contribution in [0.15, 0.2) is 54.1 Å². The summed E-state index contributed by atoms with van der Waals surface area (Å²) in [7, 11) is 0. The van der Waals surface area contributed by atoms with Crippen molar-refractivity contribution >= 4 is 30.0 Å². The van der Waals surface area contributed by atoms with Gasteiger partial charge < -0.3 is 5.11 Å². The molecule has 0 saturated carbocycles. The zero-order chi connectivity index (χ0) is 23.0. The Morgan fingerprint density at radius 2 is 1.45 bits per heavy atom. The van der Waals surface area contributed by atoms with Crippen LogP contribution < -0.4 is 0 Å². The Bertz CT molecular complexity index is 1120. The van der Waals surface area contributed by atoms with Crippen molar-refractivity contribution in [2.45, 2.75) is 12.4 Å². The van der Waals surface area contributed by atoms with Gasteiger partial charge in [-0.3, -0.25) is 4.79 Å². The Labute approximate surface area is 171 Å². The largest absolute Gasteiger partial charge is 0.478 e. The number of aliphatic carboxylic acids is 1. The minimum atomic E-state index is -4.99. The van der Waals surface area contributed by atoms with Crippen LogP contribution in [-0.2, 0) is 17.1 Å². The van der Waals surface area contributed by atoms with Gasteiger partial charge in [-0.05, 0) is 59.2 Å². The molecule has 2 aromatic carbocycles. The third-order valence-electron chi connectivity index (χ3n) is 4.38. The first-order valence-corrected chi connectivity index (χ1v) is 8.63. The topological polar surface area (TPSA) is 54.4 Å². The zero-order valence-electron chi connectivity index (χ0n) is 15.4. The summed E-state index contributed by atoms with van der Waals surface area (Å²) in [6.07, 6.45) is -4.05. The van der Waals surface area contributed by atoms with Gasteiger partial charge in [0.1, 0.15) is 0 Å². The fourth-order valence-electron chi connectivity index (χ4n) is 2.96. The smallest absolute Gasteiger partial charge is 0.416 e. The van der Waals surface area contributed by atoms with Gasteiger partial charge in [0.05, 0.1) is 11.1 Å². The molecule has 9 heteroatoms. The lowest BCUT2D eigenvalue weighted by Crippen LogP contribution is -2.12. The van der Waals surface area contributed by atoms with Crippen molar-refractivity contribution in [3.05, 3.63) is 87.5 Å². The molecule has 0 aliphatic heterocycles. The summed E-state index contributed by atoms with van der Waals surface area (Å²) >= 11 is 0. The quantitative estimate of drug-likeness (QED) is 0.464. The van der Waals surface area contributed by atoms with Crippen LogP contribution >= 0.6 is 0 Å². The lowest BCUT2D eigenvalue weighted by Gasteiger charge is -2.15. The summed E-state index contributed by atoms with van der Waals surface area (Å²) in [5, 5.41) is 8.67. The highest BCUT2D eigenvalue weighted by atomic mass is 19.4. The second kappa shape index (κ2) is 7.90.